The van der Waals surface area contributed by atoms with E-state index in [0.29, 0.717) is 13.0 Å². The summed E-state index contributed by atoms with van der Waals surface area (Å²) in [6.07, 6.45) is 15.6. The molecule has 166 valence electrons. The zero-order valence-electron chi connectivity index (χ0n) is 18.3. The van der Waals surface area contributed by atoms with Crippen molar-refractivity contribution in [3.63, 3.8) is 0 Å². The minimum atomic E-state index is -3.87. The summed E-state index contributed by atoms with van der Waals surface area (Å²) in [5.74, 6) is -0.196. The van der Waals surface area contributed by atoms with Crippen LogP contribution >= 0.6 is 0 Å². The van der Waals surface area contributed by atoms with Crippen LogP contribution in [0.5, 0.6) is 0 Å². The van der Waals surface area contributed by atoms with E-state index < -0.39 is 10.1 Å². The molecule has 1 aromatic carbocycles. The van der Waals surface area contributed by atoms with Crippen LogP contribution in [0.2, 0.25) is 0 Å². The maximum atomic E-state index is 10.8. The van der Waals surface area contributed by atoms with Crippen molar-refractivity contribution >= 4 is 21.9 Å². The van der Waals surface area contributed by atoms with Gasteiger partial charge in [-0.25, -0.2) is 0 Å². The fraction of sp³-hybridized carbons (Fsp3) is 0.500. The molecule has 1 heterocycles. The van der Waals surface area contributed by atoms with E-state index in [1.54, 1.807) is 0 Å². The van der Waals surface area contributed by atoms with Gasteiger partial charge < -0.3 is 9.80 Å². The standard InChI is InChI=1S/C24H36N2O3S/c1-3-5-17-26(18-6-4-2)24-12-10-22(11-13-24)8-9-23-14-19-25(20-15-23)16-7-21-30(27,28)29/h8-15,19H,3-7,16-18,20-21H2,1-2H3,(H,27,28,29). The monoisotopic (exact) mass is 432 g/mol. The molecule has 2 rings (SSSR count). The van der Waals surface area contributed by atoms with Crippen LogP contribution in [-0.2, 0) is 10.1 Å². The van der Waals surface area contributed by atoms with Crippen LogP contribution in [0.15, 0.2) is 54.3 Å². The van der Waals surface area contributed by atoms with Crippen molar-refractivity contribution in [3.05, 3.63) is 59.8 Å². The van der Waals surface area contributed by atoms with E-state index in [0.717, 1.165) is 25.2 Å². The first kappa shape index (κ1) is 24.2. The Balaban J connectivity index is 1.87. The molecule has 0 aromatic heterocycles. The average Bonchev–Trinajstić information content (AvgIpc) is 2.73. The van der Waals surface area contributed by atoms with Gasteiger partial charge in [0.15, 0.2) is 0 Å². The molecule has 0 radical (unpaired) electrons. The quantitative estimate of drug-likeness (QED) is 0.437. The SMILES string of the molecule is CCCCN(CCCC)c1ccc(C=CC2=CCN(CCCS(=O)(=O)O)C=C2)cc1. The summed E-state index contributed by atoms with van der Waals surface area (Å²) >= 11 is 0. The van der Waals surface area contributed by atoms with E-state index in [2.05, 4.69) is 61.2 Å². The lowest BCUT2D eigenvalue weighted by atomic mass is 10.1. The van der Waals surface area contributed by atoms with E-state index in [-0.39, 0.29) is 5.75 Å². The highest BCUT2D eigenvalue weighted by atomic mass is 32.2. The average molecular weight is 433 g/mol. The maximum absolute atomic E-state index is 10.8. The predicted octanol–water partition coefficient (Wildman–Crippen LogP) is 5.14. The topological polar surface area (TPSA) is 60.9 Å². The van der Waals surface area contributed by atoms with Gasteiger partial charge in [0.25, 0.3) is 10.1 Å². The van der Waals surface area contributed by atoms with Gasteiger partial charge in [-0.3, -0.25) is 4.55 Å². The summed E-state index contributed by atoms with van der Waals surface area (Å²) in [5.41, 5.74) is 3.61. The number of allylic oxidation sites excluding steroid dienone is 3. The summed E-state index contributed by atoms with van der Waals surface area (Å²) < 4.78 is 30.4. The number of anilines is 1. The highest BCUT2D eigenvalue weighted by Crippen LogP contribution is 2.19. The molecule has 0 spiro atoms. The fourth-order valence-corrected chi connectivity index (χ4v) is 3.83. The summed E-state index contributed by atoms with van der Waals surface area (Å²) in [4.78, 5) is 4.53. The normalized spacial score (nSPS) is 14.4. The highest BCUT2D eigenvalue weighted by molar-refractivity contribution is 7.85. The Morgan fingerprint density at radius 2 is 1.70 bits per heavy atom. The second-order valence-electron chi connectivity index (χ2n) is 7.77. The maximum Gasteiger partial charge on any atom is 0.264 e. The van der Waals surface area contributed by atoms with Crippen molar-refractivity contribution in [2.24, 2.45) is 0 Å². The van der Waals surface area contributed by atoms with Crippen molar-refractivity contribution in [2.45, 2.75) is 46.0 Å². The lowest BCUT2D eigenvalue weighted by Gasteiger charge is -2.24. The molecule has 1 N–H and O–H groups in total. The number of hydrogen-bond acceptors (Lipinski definition) is 4. The number of benzene rings is 1. The molecule has 1 aliphatic rings. The first-order valence-corrected chi connectivity index (χ1v) is 12.6. The molecule has 0 saturated carbocycles. The third kappa shape index (κ3) is 9.18. The van der Waals surface area contributed by atoms with Gasteiger partial charge in [0.05, 0.1) is 5.75 Å². The Bertz CT molecular complexity index is 819. The van der Waals surface area contributed by atoms with Crippen LogP contribution in [0.1, 0.15) is 51.5 Å². The van der Waals surface area contributed by atoms with Crippen LogP contribution in [0, 0.1) is 0 Å². The number of nitrogens with zero attached hydrogens (tertiary/aromatic N) is 2. The lowest BCUT2D eigenvalue weighted by molar-refractivity contribution is 0.405. The third-order valence-electron chi connectivity index (χ3n) is 5.18. The molecule has 5 nitrogen and oxygen atoms in total. The molecule has 0 fully saturated rings. The zero-order valence-corrected chi connectivity index (χ0v) is 19.2. The Morgan fingerprint density at radius 3 is 2.23 bits per heavy atom. The van der Waals surface area contributed by atoms with Gasteiger partial charge in [0.2, 0.25) is 0 Å². The summed E-state index contributed by atoms with van der Waals surface area (Å²) in [7, 11) is -3.87. The first-order chi connectivity index (χ1) is 14.4. The summed E-state index contributed by atoms with van der Waals surface area (Å²) in [6.45, 7) is 8.05. The number of rotatable bonds is 13. The van der Waals surface area contributed by atoms with Gasteiger partial charge in [-0.1, -0.05) is 57.0 Å². The van der Waals surface area contributed by atoms with E-state index in [1.165, 1.54) is 36.9 Å². The lowest BCUT2D eigenvalue weighted by Crippen LogP contribution is -2.25. The number of hydrogen-bond donors (Lipinski definition) is 1. The number of unbranched alkanes of at least 4 members (excludes halogenated alkanes) is 2. The molecule has 0 atom stereocenters. The second-order valence-corrected chi connectivity index (χ2v) is 9.35. The minimum absolute atomic E-state index is 0.196. The van der Waals surface area contributed by atoms with Crippen LogP contribution < -0.4 is 4.90 Å². The molecule has 0 bridgehead atoms. The Morgan fingerprint density at radius 1 is 1.03 bits per heavy atom. The van der Waals surface area contributed by atoms with Gasteiger partial charge in [-0.15, -0.1) is 0 Å². The summed E-state index contributed by atoms with van der Waals surface area (Å²) in [5, 5.41) is 0. The molecule has 30 heavy (non-hydrogen) atoms. The Hall–Kier alpha value is -2.05. The molecule has 1 aliphatic heterocycles. The van der Waals surface area contributed by atoms with Crippen molar-refractivity contribution in [2.75, 3.05) is 36.8 Å². The molecule has 1 aromatic rings. The molecule has 0 saturated heterocycles. The van der Waals surface area contributed by atoms with Crippen molar-refractivity contribution in [1.82, 2.24) is 4.90 Å². The molecule has 0 amide bonds. The van der Waals surface area contributed by atoms with Gasteiger partial charge in [-0.05, 0) is 54.8 Å². The van der Waals surface area contributed by atoms with Crippen LogP contribution in [0.4, 0.5) is 5.69 Å². The smallest absolute Gasteiger partial charge is 0.264 e. The van der Waals surface area contributed by atoms with E-state index in [9.17, 15) is 8.42 Å². The van der Waals surface area contributed by atoms with Gasteiger partial charge >= 0.3 is 0 Å². The Kier molecular flexibility index (Phi) is 10.2. The van der Waals surface area contributed by atoms with Crippen molar-refractivity contribution in [3.8, 4) is 0 Å². The van der Waals surface area contributed by atoms with Gasteiger partial charge in [-0.2, -0.15) is 8.42 Å². The third-order valence-corrected chi connectivity index (χ3v) is 5.98. The molecular weight excluding hydrogens is 396 g/mol. The fourth-order valence-electron chi connectivity index (χ4n) is 3.34. The van der Waals surface area contributed by atoms with Crippen molar-refractivity contribution in [1.29, 1.82) is 0 Å². The van der Waals surface area contributed by atoms with Crippen LogP contribution in [0.25, 0.3) is 6.08 Å². The molecular formula is C24H36N2O3S. The second kappa shape index (κ2) is 12.6. The van der Waals surface area contributed by atoms with Gasteiger partial charge in [0, 0.05) is 31.9 Å². The minimum Gasteiger partial charge on any atom is -0.374 e. The van der Waals surface area contributed by atoms with E-state index in [4.69, 9.17) is 4.55 Å². The van der Waals surface area contributed by atoms with Crippen LogP contribution in [-0.4, -0.2) is 49.8 Å². The zero-order chi connectivity index (χ0) is 21.8. The van der Waals surface area contributed by atoms with E-state index in [1.807, 2.05) is 17.2 Å². The molecule has 0 aliphatic carbocycles. The first-order valence-electron chi connectivity index (χ1n) is 11.0. The van der Waals surface area contributed by atoms with Gasteiger partial charge in [0.1, 0.15) is 0 Å². The predicted molar refractivity (Wildman–Crippen MR) is 127 cm³/mol. The molecule has 0 unspecified atom stereocenters. The Labute approximate surface area is 182 Å². The molecule has 6 heteroatoms. The van der Waals surface area contributed by atoms with Crippen molar-refractivity contribution < 1.29 is 13.0 Å². The van der Waals surface area contributed by atoms with E-state index >= 15 is 0 Å². The van der Waals surface area contributed by atoms with Crippen LogP contribution in [0.3, 0.4) is 0 Å². The largest absolute Gasteiger partial charge is 0.374 e. The highest BCUT2D eigenvalue weighted by Gasteiger charge is 2.08. The summed E-state index contributed by atoms with van der Waals surface area (Å²) in [6, 6.07) is 8.77.